The summed E-state index contributed by atoms with van der Waals surface area (Å²) < 4.78 is 0. The summed E-state index contributed by atoms with van der Waals surface area (Å²) in [4.78, 5) is 23.5. The number of hydrogen-bond acceptors (Lipinski definition) is 4. The molecule has 18 heavy (non-hydrogen) atoms. The minimum Gasteiger partial charge on any atom is -0.478 e. The normalized spacial score (nSPS) is 16.8. The van der Waals surface area contributed by atoms with E-state index in [2.05, 4.69) is 15.0 Å². The van der Waals surface area contributed by atoms with E-state index < -0.39 is 5.97 Å². The number of rotatable bonds is 1. The number of carbonyl (C=O) groups is 1. The van der Waals surface area contributed by atoms with Crippen molar-refractivity contribution in [3.05, 3.63) is 46.5 Å². The average molecular weight is 239 g/mol. The summed E-state index contributed by atoms with van der Waals surface area (Å²) in [5.41, 5.74) is 1.93. The lowest BCUT2D eigenvalue weighted by molar-refractivity contribution is -0.132. The van der Waals surface area contributed by atoms with Crippen molar-refractivity contribution in [1.82, 2.24) is 9.97 Å². The maximum Gasteiger partial charge on any atom is 0.331 e. The lowest BCUT2D eigenvalue weighted by Crippen LogP contribution is -2.31. The van der Waals surface area contributed by atoms with E-state index in [9.17, 15) is 4.79 Å². The summed E-state index contributed by atoms with van der Waals surface area (Å²) in [7, 11) is 0. The van der Waals surface area contributed by atoms with Gasteiger partial charge in [0.25, 0.3) is 0 Å². The first-order chi connectivity index (χ1) is 8.75. The minimum atomic E-state index is -0.911. The topological polar surface area (TPSA) is 75.4 Å². The molecule has 0 unspecified atom stereocenters. The van der Waals surface area contributed by atoms with Crippen molar-refractivity contribution in [1.29, 1.82) is 0 Å². The van der Waals surface area contributed by atoms with Crippen LogP contribution < -0.4 is 10.6 Å². The van der Waals surface area contributed by atoms with Gasteiger partial charge in [-0.3, -0.25) is 4.99 Å². The minimum absolute atomic E-state index is 0.330. The van der Waals surface area contributed by atoms with E-state index in [1.54, 1.807) is 24.6 Å². The number of aliphatic carboxylic acids is 1. The molecule has 88 valence electrons. The predicted molar refractivity (Wildman–Crippen MR) is 66.1 cm³/mol. The highest BCUT2D eigenvalue weighted by molar-refractivity contribution is 5.96. The Labute approximate surface area is 102 Å². The SMILES string of the molecule is O=C(O)C1=CC=C2N=CC=c3cncnc3=C2C1. The molecule has 0 amide bonds. The van der Waals surface area contributed by atoms with Gasteiger partial charge in [-0.15, -0.1) is 0 Å². The Kier molecular flexibility index (Phi) is 2.37. The van der Waals surface area contributed by atoms with E-state index >= 15 is 0 Å². The highest BCUT2D eigenvalue weighted by Gasteiger charge is 2.18. The summed E-state index contributed by atoms with van der Waals surface area (Å²) in [5, 5.41) is 10.7. The quantitative estimate of drug-likeness (QED) is 0.735. The van der Waals surface area contributed by atoms with Gasteiger partial charge in [-0.05, 0) is 18.2 Å². The number of hydrogen-bond donors (Lipinski definition) is 1. The Morgan fingerprint density at radius 2 is 2.17 bits per heavy atom. The van der Waals surface area contributed by atoms with Gasteiger partial charge in [-0.25, -0.2) is 14.8 Å². The molecule has 0 bridgehead atoms. The van der Waals surface area contributed by atoms with Gasteiger partial charge in [0.1, 0.15) is 6.33 Å². The van der Waals surface area contributed by atoms with Gasteiger partial charge in [0.15, 0.2) is 0 Å². The number of nitrogens with zero attached hydrogens (tertiary/aromatic N) is 3. The third-order valence-corrected chi connectivity index (χ3v) is 2.89. The molecule has 1 aliphatic heterocycles. The van der Waals surface area contributed by atoms with Crippen molar-refractivity contribution in [3.63, 3.8) is 0 Å². The number of carboxylic acid groups (broad SMARTS) is 1. The van der Waals surface area contributed by atoms with Crippen LogP contribution in [0.15, 0.2) is 40.9 Å². The lowest BCUT2D eigenvalue weighted by Gasteiger charge is -2.12. The zero-order chi connectivity index (χ0) is 12.5. The molecule has 0 spiro atoms. The van der Waals surface area contributed by atoms with Gasteiger partial charge >= 0.3 is 5.97 Å². The molecule has 0 atom stereocenters. The molecule has 0 aromatic carbocycles. The van der Waals surface area contributed by atoms with Crippen LogP contribution in [0.4, 0.5) is 0 Å². The molecule has 3 rings (SSSR count). The average Bonchev–Trinajstić information content (AvgIpc) is 2.57. The van der Waals surface area contributed by atoms with Crippen LogP contribution in [-0.2, 0) is 4.79 Å². The van der Waals surface area contributed by atoms with E-state index in [4.69, 9.17) is 5.11 Å². The third kappa shape index (κ3) is 1.66. The fraction of sp³-hybridized carbons (Fsp3) is 0.0769. The number of allylic oxidation sites excluding steroid dienone is 3. The second kappa shape index (κ2) is 4.03. The lowest BCUT2D eigenvalue weighted by atomic mass is 9.96. The Morgan fingerprint density at radius 3 is 3.00 bits per heavy atom. The van der Waals surface area contributed by atoms with Gasteiger partial charge in [0, 0.05) is 35.2 Å². The first-order valence-corrected chi connectivity index (χ1v) is 5.44. The Hall–Kier alpha value is -2.56. The van der Waals surface area contributed by atoms with Gasteiger partial charge in [0.2, 0.25) is 0 Å². The Bertz CT molecular complexity index is 742. The number of aromatic nitrogens is 2. The second-order valence-corrected chi connectivity index (χ2v) is 3.98. The monoisotopic (exact) mass is 239 g/mol. The van der Waals surface area contributed by atoms with Crippen molar-refractivity contribution in [3.8, 4) is 0 Å². The van der Waals surface area contributed by atoms with Crippen molar-refractivity contribution in [2.75, 3.05) is 0 Å². The fourth-order valence-corrected chi connectivity index (χ4v) is 2.01. The van der Waals surface area contributed by atoms with Crippen LogP contribution in [-0.4, -0.2) is 27.3 Å². The molecule has 5 nitrogen and oxygen atoms in total. The summed E-state index contributed by atoms with van der Waals surface area (Å²) in [6.45, 7) is 0. The zero-order valence-electron chi connectivity index (χ0n) is 9.37. The highest BCUT2D eigenvalue weighted by Crippen LogP contribution is 2.25. The molecule has 5 heteroatoms. The van der Waals surface area contributed by atoms with Crippen molar-refractivity contribution >= 4 is 23.8 Å². The van der Waals surface area contributed by atoms with E-state index in [1.807, 2.05) is 6.08 Å². The molecule has 1 aromatic rings. The highest BCUT2D eigenvalue weighted by atomic mass is 16.4. The zero-order valence-corrected chi connectivity index (χ0v) is 9.37. The molecule has 0 radical (unpaired) electrons. The van der Waals surface area contributed by atoms with E-state index in [0.29, 0.717) is 12.0 Å². The van der Waals surface area contributed by atoms with Crippen LogP contribution in [0, 0.1) is 0 Å². The van der Waals surface area contributed by atoms with Crippen molar-refractivity contribution in [2.45, 2.75) is 6.42 Å². The third-order valence-electron chi connectivity index (χ3n) is 2.89. The van der Waals surface area contributed by atoms with Crippen LogP contribution in [0.1, 0.15) is 6.42 Å². The number of aliphatic imine (C=N–C) groups is 1. The molecule has 0 saturated carbocycles. The number of fused-ring (bicyclic) bond motifs is 2. The van der Waals surface area contributed by atoms with Crippen molar-refractivity contribution in [2.24, 2.45) is 4.99 Å². The standard InChI is InChI=1S/C13H9N3O2/c17-13(18)8-1-2-11-10(5-8)12-9(3-4-15-11)6-14-7-16-12/h1-4,6-7H,5H2,(H,17,18). The molecule has 0 saturated heterocycles. The van der Waals surface area contributed by atoms with Gasteiger partial charge < -0.3 is 5.11 Å². The Morgan fingerprint density at radius 1 is 1.28 bits per heavy atom. The van der Waals surface area contributed by atoms with Crippen molar-refractivity contribution < 1.29 is 9.90 Å². The number of carboxylic acids is 1. The van der Waals surface area contributed by atoms with Crippen LogP contribution in [0.3, 0.4) is 0 Å². The largest absolute Gasteiger partial charge is 0.478 e. The molecule has 1 aliphatic carbocycles. The first kappa shape index (κ1) is 10.6. The molecule has 2 heterocycles. The van der Waals surface area contributed by atoms with Gasteiger partial charge in [0.05, 0.1) is 11.0 Å². The molecular weight excluding hydrogens is 230 g/mol. The van der Waals surface area contributed by atoms with E-state index in [0.717, 1.165) is 21.8 Å². The summed E-state index contributed by atoms with van der Waals surface area (Å²) in [6.07, 6.45) is 10.3. The van der Waals surface area contributed by atoms with Gasteiger partial charge in [-0.1, -0.05) is 0 Å². The Balaban J connectivity index is 2.31. The van der Waals surface area contributed by atoms with Gasteiger partial charge in [-0.2, -0.15) is 0 Å². The van der Waals surface area contributed by atoms with Crippen LogP contribution in [0.5, 0.6) is 0 Å². The van der Waals surface area contributed by atoms with Crippen LogP contribution in [0.2, 0.25) is 0 Å². The maximum absolute atomic E-state index is 11.0. The van der Waals surface area contributed by atoms with E-state index in [-0.39, 0.29) is 0 Å². The van der Waals surface area contributed by atoms with Crippen LogP contribution in [0.25, 0.3) is 11.6 Å². The molecule has 1 aromatic heterocycles. The second-order valence-electron chi connectivity index (χ2n) is 3.98. The molecule has 2 aliphatic rings. The molecule has 0 fully saturated rings. The first-order valence-electron chi connectivity index (χ1n) is 5.44. The maximum atomic E-state index is 11.0. The smallest absolute Gasteiger partial charge is 0.331 e. The molecule has 1 N–H and O–H groups in total. The summed E-state index contributed by atoms with van der Waals surface area (Å²) >= 11 is 0. The fourth-order valence-electron chi connectivity index (χ4n) is 2.01. The summed E-state index contributed by atoms with van der Waals surface area (Å²) in [6, 6.07) is 0. The van der Waals surface area contributed by atoms with E-state index in [1.165, 1.54) is 6.33 Å². The molecular formula is C13H9N3O2. The summed E-state index contributed by atoms with van der Waals surface area (Å²) in [5.74, 6) is -0.911. The van der Waals surface area contributed by atoms with Crippen LogP contribution >= 0.6 is 0 Å². The predicted octanol–water partition coefficient (Wildman–Crippen LogP) is -0.209.